The number of nitrogens with two attached hydrogens (primary N) is 1. The zero-order valence-corrected chi connectivity index (χ0v) is 15.7. The second-order valence-electron chi connectivity index (χ2n) is 7.20. The average molecular weight is 382 g/mol. The van der Waals surface area contributed by atoms with Crippen molar-refractivity contribution >= 4 is 11.9 Å². The van der Waals surface area contributed by atoms with Crippen LogP contribution in [0.25, 0.3) is 0 Å². The van der Waals surface area contributed by atoms with Crippen LogP contribution in [0.1, 0.15) is 44.7 Å². The third kappa shape index (κ3) is 8.04. The number of hydrogen-bond acceptors (Lipinski definition) is 6. The Hall–Kier alpha value is -2.00. The number of hydrogen-bond donors (Lipinski definition) is 6. The minimum absolute atomic E-state index is 0.169. The van der Waals surface area contributed by atoms with Crippen molar-refractivity contribution in [2.45, 2.75) is 63.4 Å². The highest BCUT2D eigenvalue weighted by atomic mass is 16.4. The molecule has 0 spiro atoms. The van der Waals surface area contributed by atoms with E-state index in [4.69, 9.17) is 15.9 Å². The first-order valence-electron chi connectivity index (χ1n) is 8.98. The number of aliphatic carboxylic acids is 2. The molecule has 0 aliphatic rings. The fraction of sp³-hybridized carbons (Fsp3) is 0.579. The number of carbonyl (C=O) groups is 2. The van der Waals surface area contributed by atoms with Gasteiger partial charge in [-0.25, -0.2) is 0 Å². The molecule has 0 amide bonds. The second-order valence-corrected chi connectivity index (χ2v) is 7.20. The maximum Gasteiger partial charge on any atom is 0.306 e. The Morgan fingerprint density at radius 2 is 1.52 bits per heavy atom. The lowest BCUT2D eigenvalue weighted by Crippen LogP contribution is -2.52. The number of aliphatic hydroxyl groups excluding tert-OH is 2. The molecule has 0 bridgehead atoms. The molecule has 3 unspecified atom stereocenters. The molecule has 1 rings (SSSR count). The van der Waals surface area contributed by atoms with Crippen LogP contribution in [0.2, 0.25) is 0 Å². The summed E-state index contributed by atoms with van der Waals surface area (Å²) in [5.74, 6) is -2.12. The Morgan fingerprint density at radius 3 is 2.00 bits per heavy atom. The van der Waals surface area contributed by atoms with Crippen molar-refractivity contribution in [2.24, 2.45) is 11.7 Å². The third-order valence-electron chi connectivity index (χ3n) is 4.34. The number of aliphatic hydroxyl groups is 2. The van der Waals surface area contributed by atoms with Crippen LogP contribution in [-0.2, 0) is 9.59 Å². The molecule has 8 nitrogen and oxygen atoms in total. The van der Waals surface area contributed by atoms with E-state index >= 15 is 0 Å². The lowest BCUT2D eigenvalue weighted by molar-refractivity contribution is -0.141. The van der Waals surface area contributed by atoms with Gasteiger partial charge in [-0.1, -0.05) is 44.2 Å². The third-order valence-corrected chi connectivity index (χ3v) is 4.34. The summed E-state index contributed by atoms with van der Waals surface area (Å²) in [5, 5.41) is 41.6. The molecule has 0 saturated heterocycles. The zero-order valence-electron chi connectivity index (χ0n) is 15.7. The Bertz CT molecular complexity index is 595. The Morgan fingerprint density at radius 1 is 1.00 bits per heavy atom. The average Bonchev–Trinajstić information content (AvgIpc) is 2.57. The van der Waals surface area contributed by atoms with Gasteiger partial charge in [0.25, 0.3) is 0 Å². The fourth-order valence-corrected chi connectivity index (χ4v) is 3.02. The van der Waals surface area contributed by atoms with Gasteiger partial charge in [-0.2, -0.15) is 0 Å². The topological polar surface area (TPSA) is 153 Å². The predicted octanol–water partition coefficient (Wildman–Crippen LogP) is 0.731. The summed E-state index contributed by atoms with van der Waals surface area (Å²) in [6.07, 6.45) is -2.92. The molecule has 0 fully saturated rings. The van der Waals surface area contributed by atoms with Gasteiger partial charge in [-0.3, -0.25) is 9.59 Å². The second kappa shape index (κ2) is 11.0. The maximum absolute atomic E-state index is 11.0. The first-order chi connectivity index (χ1) is 12.6. The van der Waals surface area contributed by atoms with Crippen molar-refractivity contribution in [3.8, 4) is 0 Å². The van der Waals surface area contributed by atoms with Gasteiger partial charge in [0.2, 0.25) is 0 Å². The van der Waals surface area contributed by atoms with E-state index in [-0.39, 0.29) is 5.92 Å². The molecule has 8 heteroatoms. The SMILES string of the molecule is CC(C)C[C@H](NC(c1ccccc1)C(N)C(O)CC(=O)O)[C@@H](O)CC(=O)O. The molecular formula is C19H30N2O6. The van der Waals surface area contributed by atoms with Crippen molar-refractivity contribution in [1.82, 2.24) is 5.32 Å². The summed E-state index contributed by atoms with van der Waals surface area (Å²) in [5.41, 5.74) is 6.86. The molecule has 152 valence electrons. The Balaban J connectivity index is 3.11. The number of carboxylic acid groups (broad SMARTS) is 2. The quantitative estimate of drug-likeness (QED) is 0.309. The zero-order chi connectivity index (χ0) is 20.6. The largest absolute Gasteiger partial charge is 0.481 e. The summed E-state index contributed by atoms with van der Waals surface area (Å²) >= 11 is 0. The van der Waals surface area contributed by atoms with Gasteiger partial charge < -0.3 is 31.5 Å². The molecule has 0 saturated carbocycles. The molecule has 1 aromatic carbocycles. The summed E-state index contributed by atoms with van der Waals surface area (Å²) in [7, 11) is 0. The molecule has 0 heterocycles. The van der Waals surface area contributed by atoms with Gasteiger partial charge in [0.15, 0.2) is 0 Å². The van der Waals surface area contributed by atoms with E-state index in [1.54, 1.807) is 24.3 Å². The van der Waals surface area contributed by atoms with Crippen LogP contribution in [0, 0.1) is 5.92 Å². The Kier molecular flexibility index (Phi) is 9.37. The van der Waals surface area contributed by atoms with Crippen LogP contribution < -0.4 is 11.1 Å². The monoisotopic (exact) mass is 382 g/mol. The molecule has 0 radical (unpaired) electrons. The number of rotatable bonds is 12. The lowest BCUT2D eigenvalue weighted by atomic mass is 9.90. The van der Waals surface area contributed by atoms with Crippen LogP contribution in [0.4, 0.5) is 0 Å². The number of carboxylic acids is 2. The summed E-state index contributed by atoms with van der Waals surface area (Å²) < 4.78 is 0. The molecule has 5 atom stereocenters. The highest BCUT2D eigenvalue weighted by Crippen LogP contribution is 2.23. The van der Waals surface area contributed by atoms with Gasteiger partial charge in [0.05, 0.1) is 37.1 Å². The molecule has 0 aliphatic heterocycles. The van der Waals surface area contributed by atoms with Crippen LogP contribution in [0.3, 0.4) is 0 Å². The lowest BCUT2D eigenvalue weighted by Gasteiger charge is -2.34. The number of nitrogens with one attached hydrogen (secondary N) is 1. The van der Waals surface area contributed by atoms with E-state index in [1.165, 1.54) is 0 Å². The first kappa shape index (κ1) is 23.0. The number of benzene rings is 1. The van der Waals surface area contributed by atoms with Gasteiger partial charge >= 0.3 is 11.9 Å². The molecule has 27 heavy (non-hydrogen) atoms. The Labute approximate surface area is 159 Å². The van der Waals surface area contributed by atoms with Crippen molar-refractivity contribution in [1.29, 1.82) is 0 Å². The van der Waals surface area contributed by atoms with E-state index in [9.17, 15) is 19.8 Å². The summed E-state index contributed by atoms with van der Waals surface area (Å²) in [6, 6.07) is 6.72. The van der Waals surface area contributed by atoms with E-state index in [1.807, 2.05) is 19.9 Å². The van der Waals surface area contributed by atoms with E-state index in [0.717, 1.165) is 0 Å². The van der Waals surface area contributed by atoms with Crippen LogP contribution >= 0.6 is 0 Å². The molecule has 7 N–H and O–H groups in total. The minimum Gasteiger partial charge on any atom is -0.481 e. The highest BCUT2D eigenvalue weighted by molar-refractivity contribution is 5.67. The highest BCUT2D eigenvalue weighted by Gasteiger charge is 2.32. The summed E-state index contributed by atoms with van der Waals surface area (Å²) in [4.78, 5) is 21.9. The van der Waals surface area contributed by atoms with E-state index in [2.05, 4.69) is 5.32 Å². The van der Waals surface area contributed by atoms with Gasteiger partial charge in [0.1, 0.15) is 0 Å². The molecule has 0 aliphatic carbocycles. The van der Waals surface area contributed by atoms with Gasteiger partial charge in [-0.15, -0.1) is 0 Å². The normalized spacial score (nSPS) is 17.1. The van der Waals surface area contributed by atoms with Gasteiger partial charge in [0, 0.05) is 6.04 Å². The van der Waals surface area contributed by atoms with E-state index in [0.29, 0.717) is 12.0 Å². The molecule has 0 aromatic heterocycles. The predicted molar refractivity (Wildman–Crippen MR) is 100 cm³/mol. The van der Waals surface area contributed by atoms with E-state index < -0.39 is 55.1 Å². The maximum atomic E-state index is 11.0. The molecule has 1 aromatic rings. The smallest absolute Gasteiger partial charge is 0.306 e. The van der Waals surface area contributed by atoms with Crippen LogP contribution in [0.5, 0.6) is 0 Å². The first-order valence-corrected chi connectivity index (χ1v) is 8.98. The van der Waals surface area contributed by atoms with Crippen molar-refractivity contribution in [2.75, 3.05) is 0 Å². The standard InChI is InChI=1S/C19H30N2O6/c1-11(2)8-13(14(22)9-16(24)25)21-19(12-6-4-3-5-7-12)18(20)15(23)10-17(26)27/h3-7,11,13-15,18-19,21-23H,8-10,20H2,1-2H3,(H,24,25)(H,26,27)/t13-,14-,15?,18?,19?/m0/s1. The summed E-state index contributed by atoms with van der Waals surface area (Å²) in [6.45, 7) is 3.89. The van der Waals surface area contributed by atoms with Crippen molar-refractivity contribution < 1.29 is 30.0 Å². The van der Waals surface area contributed by atoms with Crippen molar-refractivity contribution in [3.63, 3.8) is 0 Å². The van der Waals surface area contributed by atoms with Crippen molar-refractivity contribution in [3.05, 3.63) is 35.9 Å². The van der Waals surface area contributed by atoms with Crippen LogP contribution in [-0.4, -0.2) is 56.7 Å². The fourth-order valence-electron chi connectivity index (χ4n) is 3.02. The minimum atomic E-state index is -1.31. The molecular weight excluding hydrogens is 352 g/mol. The van der Waals surface area contributed by atoms with Gasteiger partial charge in [-0.05, 0) is 17.9 Å². The van der Waals surface area contributed by atoms with Crippen LogP contribution in [0.15, 0.2) is 30.3 Å².